The van der Waals surface area contributed by atoms with Crippen molar-refractivity contribution in [3.8, 4) is 0 Å². The molecule has 0 spiro atoms. The van der Waals surface area contributed by atoms with Crippen LogP contribution in [0.25, 0.3) is 0 Å². The van der Waals surface area contributed by atoms with Crippen LogP contribution in [0.4, 0.5) is 0 Å². The van der Waals surface area contributed by atoms with Gasteiger partial charge in [-0.25, -0.2) is 0 Å². The first-order chi connectivity index (χ1) is 4.39. The monoisotopic (exact) mass is 184 g/mol. The predicted octanol–water partition coefficient (Wildman–Crippen LogP) is 0.257. The number of hydrogen-bond acceptors (Lipinski definition) is 2. The lowest BCUT2D eigenvalue weighted by molar-refractivity contribution is 0.383. The molecule has 0 aromatic rings. The maximum Gasteiger partial charge on any atom is 0.369 e. The van der Waals surface area contributed by atoms with Gasteiger partial charge >= 0.3 is 7.60 Å². The topological polar surface area (TPSA) is 94.8 Å². The second kappa shape index (κ2) is 3.31. The van der Waals surface area contributed by atoms with E-state index in [4.69, 9.17) is 14.7 Å². The van der Waals surface area contributed by atoms with Crippen LogP contribution >= 0.6 is 15.6 Å². The van der Waals surface area contributed by atoms with Crippen LogP contribution < -0.4 is 0 Å². The smallest absolute Gasteiger partial charge is 0.342 e. The number of rotatable bonds is 2. The van der Waals surface area contributed by atoms with E-state index in [0.29, 0.717) is 0 Å². The zero-order valence-corrected chi connectivity index (χ0v) is 6.71. The van der Waals surface area contributed by atoms with Crippen LogP contribution in [0, 0.1) is 0 Å². The Morgan fingerprint density at radius 1 is 1.60 bits per heavy atom. The second-order valence-electron chi connectivity index (χ2n) is 1.37. The summed E-state index contributed by atoms with van der Waals surface area (Å²) in [5.41, 5.74) is 1.73. The molecule has 0 radical (unpaired) electrons. The third-order valence-corrected chi connectivity index (χ3v) is 3.43. The van der Waals surface area contributed by atoms with E-state index in [1.54, 1.807) is 5.73 Å². The molecule has 0 aromatic heterocycles. The molecule has 3 N–H and O–H groups in total. The summed E-state index contributed by atoms with van der Waals surface area (Å²) >= 11 is 0. The summed E-state index contributed by atoms with van der Waals surface area (Å²) in [5.74, 6) is 0. The first-order valence-electron chi connectivity index (χ1n) is 2.09. The van der Waals surface area contributed by atoms with Crippen molar-refractivity contribution in [1.29, 1.82) is 0 Å². The molecule has 0 bridgehead atoms. The highest BCUT2D eigenvalue weighted by molar-refractivity contribution is 7.71. The molecule has 0 amide bonds. The summed E-state index contributed by atoms with van der Waals surface area (Å²) in [6.45, 7) is 2.86. The van der Waals surface area contributed by atoms with E-state index in [1.165, 1.54) is 0 Å². The third kappa shape index (κ3) is 2.63. The van der Waals surface area contributed by atoms with E-state index < -0.39 is 20.7 Å². The molecule has 1 atom stereocenters. The van der Waals surface area contributed by atoms with Crippen LogP contribution in [-0.2, 0) is 9.13 Å². The zero-order valence-electron chi connectivity index (χ0n) is 4.81. The lowest BCUT2D eigenvalue weighted by Gasteiger charge is -2.00. The van der Waals surface area contributed by atoms with Gasteiger partial charge in [-0.2, -0.15) is 0 Å². The van der Waals surface area contributed by atoms with Crippen LogP contribution in [0.3, 0.4) is 0 Å². The average molecular weight is 184 g/mol. The summed E-state index contributed by atoms with van der Waals surface area (Å²) in [6, 6.07) is 0. The van der Waals surface area contributed by atoms with Gasteiger partial charge in [-0.15, -0.1) is 5.73 Å². The van der Waals surface area contributed by atoms with Crippen molar-refractivity contribution in [3.05, 3.63) is 17.4 Å². The molecule has 0 aliphatic rings. The molecular weight excluding hydrogens is 178 g/mol. The van der Waals surface area contributed by atoms with Gasteiger partial charge in [-0.3, -0.25) is 9.13 Å². The molecule has 5 nitrogen and oxygen atoms in total. The summed E-state index contributed by atoms with van der Waals surface area (Å²) in [7, 11) is -7.96. The molecular formula is C3H6O5P2. The molecule has 7 heteroatoms. The Morgan fingerprint density at radius 3 is 2.00 bits per heavy atom. The summed E-state index contributed by atoms with van der Waals surface area (Å²) in [6.07, 6.45) is 0. The van der Waals surface area contributed by atoms with E-state index in [2.05, 4.69) is 6.58 Å². The van der Waals surface area contributed by atoms with Gasteiger partial charge in [-0.1, -0.05) is 6.58 Å². The minimum Gasteiger partial charge on any atom is -0.342 e. The molecule has 0 fully saturated rings. The average Bonchev–Trinajstić information content (AvgIpc) is 1.60. The van der Waals surface area contributed by atoms with Crippen molar-refractivity contribution >= 4 is 15.6 Å². The van der Waals surface area contributed by atoms with Gasteiger partial charge in [0.05, 0.1) is 0 Å². The fraction of sp³-hybridized carbons (Fsp3) is 0. The molecule has 0 rings (SSSR count). The normalized spacial score (nSPS) is 13.9. The largest absolute Gasteiger partial charge is 0.369 e. The Hall–Kier alpha value is -0.140. The zero-order chi connectivity index (χ0) is 8.36. The van der Waals surface area contributed by atoms with Gasteiger partial charge in [0.25, 0.3) is 0 Å². The quantitative estimate of drug-likeness (QED) is 0.422. The minimum absolute atomic E-state index is 0.919. The summed E-state index contributed by atoms with van der Waals surface area (Å²) in [5, 5.41) is -0.919. The summed E-state index contributed by atoms with van der Waals surface area (Å²) in [4.78, 5) is 24.8. The number of hydrogen-bond donors (Lipinski definition) is 3. The SMILES string of the molecule is C=C=C([PH](=O)O)P(=O)(O)O. The molecule has 0 heterocycles. The molecule has 58 valence electrons. The van der Waals surface area contributed by atoms with Gasteiger partial charge < -0.3 is 14.7 Å². The van der Waals surface area contributed by atoms with Crippen LogP contribution in [-0.4, -0.2) is 14.7 Å². The fourth-order valence-corrected chi connectivity index (χ4v) is 1.66. The summed E-state index contributed by atoms with van der Waals surface area (Å²) < 4.78 is 20.4. The maximum absolute atomic E-state index is 10.2. The van der Waals surface area contributed by atoms with Crippen LogP contribution in [0.15, 0.2) is 17.4 Å². The Labute approximate surface area is 57.7 Å². The molecule has 0 saturated heterocycles. The predicted molar refractivity (Wildman–Crippen MR) is 35.9 cm³/mol. The standard InChI is InChI=1S/C3H6O5P2/c1-2-3(9(4)5)10(6,7)8/h9H,1H2,(H,4,5)(H2,6,7,8). The van der Waals surface area contributed by atoms with Crippen LogP contribution in [0.1, 0.15) is 0 Å². The van der Waals surface area contributed by atoms with Crippen molar-refractivity contribution < 1.29 is 23.8 Å². The van der Waals surface area contributed by atoms with Crippen molar-refractivity contribution in [2.75, 3.05) is 0 Å². The van der Waals surface area contributed by atoms with Crippen molar-refractivity contribution in [2.45, 2.75) is 0 Å². The molecule has 1 unspecified atom stereocenters. The Bertz CT molecular complexity index is 244. The Balaban J connectivity index is 4.94. The molecule has 0 aliphatic carbocycles. The molecule has 0 saturated carbocycles. The van der Waals surface area contributed by atoms with Gasteiger partial charge in [0.2, 0.25) is 8.03 Å². The van der Waals surface area contributed by atoms with E-state index in [9.17, 15) is 9.13 Å². The van der Waals surface area contributed by atoms with E-state index in [0.717, 1.165) is 0 Å². The molecule has 10 heavy (non-hydrogen) atoms. The van der Waals surface area contributed by atoms with Crippen LogP contribution in [0.2, 0.25) is 0 Å². The first kappa shape index (κ1) is 9.86. The van der Waals surface area contributed by atoms with Gasteiger partial charge in [-0.05, 0) is 0 Å². The van der Waals surface area contributed by atoms with Crippen LogP contribution in [0.5, 0.6) is 0 Å². The fourth-order valence-electron chi connectivity index (χ4n) is 0.303. The van der Waals surface area contributed by atoms with Gasteiger partial charge in [0, 0.05) is 0 Å². The van der Waals surface area contributed by atoms with Crippen molar-refractivity contribution in [1.82, 2.24) is 0 Å². The highest BCUT2D eigenvalue weighted by Gasteiger charge is 2.24. The molecule has 0 aromatic carbocycles. The van der Waals surface area contributed by atoms with Gasteiger partial charge in [0.1, 0.15) is 0 Å². The minimum atomic E-state index is -4.61. The highest BCUT2D eigenvalue weighted by Crippen LogP contribution is 2.54. The lowest BCUT2D eigenvalue weighted by atomic mass is 11.0. The Kier molecular flexibility index (Phi) is 3.26. The third-order valence-electron chi connectivity index (χ3n) is 0.661. The highest BCUT2D eigenvalue weighted by atomic mass is 31.2. The van der Waals surface area contributed by atoms with E-state index in [1.807, 2.05) is 0 Å². The van der Waals surface area contributed by atoms with E-state index >= 15 is 0 Å². The van der Waals surface area contributed by atoms with Gasteiger partial charge in [0.15, 0.2) is 5.06 Å². The van der Waals surface area contributed by atoms with E-state index in [-0.39, 0.29) is 0 Å². The lowest BCUT2D eigenvalue weighted by Crippen LogP contribution is -1.77. The van der Waals surface area contributed by atoms with Crippen molar-refractivity contribution in [2.24, 2.45) is 0 Å². The maximum atomic E-state index is 10.2. The Morgan fingerprint density at radius 2 is 2.00 bits per heavy atom. The second-order valence-corrected chi connectivity index (χ2v) is 4.44. The van der Waals surface area contributed by atoms with Crippen molar-refractivity contribution in [3.63, 3.8) is 0 Å². The molecule has 0 aliphatic heterocycles. The first-order valence-corrected chi connectivity index (χ1v) is 5.06.